The van der Waals surface area contributed by atoms with Gasteiger partial charge < -0.3 is 15.0 Å². The SMILES string of the molecule is CCOC(=O)CCN(C(=O)Nc1ccc(Cl)cc1)C1CCCC1. The van der Waals surface area contributed by atoms with E-state index in [1.54, 1.807) is 36.1 Å². The molecule has 1 fully saturated rings. The van der Waals surface area contributed by atoms with Crippen LogP contribution in [0.5, 0.6) is 0 Å². The predicted molar refractivity (Wildman–Crippen MR) is 90.7 cm³/mol. The molecule has 6 heteroatoms. The maximum absolute atomic E-state index is 12.6. The Morgan fingerprint density at radius 2 is 1.91 bits per heavy atom. The zero-order valence-corrected chi connectivity index (χ0v) is 14.1. The second kappa shape index (κ2) is 8.77. The van der Waals surface area contributed by atoms with Crippen molar-refractivity contribution in [2.45, 2.75) is 45.1 Å². The van der Waals surface area contributed by atoms with Gasteiger partial charge in [-0.05, 0) is 44.0 Å². The summed E-state index contributed by atoms with van der Waals surface area (Å²) in [7, 11) is 0. The maximum Gasteiger partial charge on any atom is 0.322 e. The summed E-state index contributed by atoms with van der Waals surface area (Å²) in [6.07, 6.45) is 4.43. The highest BCUT2D eigenvalue weighted by molar-refractivity contribution is 6.30. The van der Waals surface area contributed by atoms with Gasteiger partial charge >= 0.3 is 12.0 Å². The lowest BCUT2D eigenvalue weighted by molar-refractivity contribution is -0.143. The number of anilines is 1. The van der Waals surface area contributed by atoms with Crippen LogP contribution in [0, 0.1) is 0 Å². The Kier molecular flexibility index (Phi) is 6.71. The molecule has 1 aromatic carbocycles. The first-order valence-corrected chi connectivity index (χ1v) is 8.46. The third kappa shape index (κ3) is 5.43. The number of carbonyl (C=O) groups is 2. The molecule has 0 heterocycles. The quantitative estimate of drug-likeness (QED) is 0.795. The lowest BCUT2D eigenvalue weighted by Gasteiger charge is -2.29. The Morgan fingerprint density at radius 1 is 1.26 bits per heavy atom. The van der Waals surface area contributed by atoms with Gasteiger partial charge in [0, 0.05) is 23.3 Å². The highest BCUT2D eigenvalue weighted by atomic mass is 35.5. The molecule has 126 valence electrons. The number of rotatable bonds is 6. The van der Waals surface area contributed by atoms with E-state index >= 15 is 0 Å². The van der Waals surface area contributed by atoms with Gasteiger partial charge in [0.1, 0.15) is 0 Å². The third-order valence-electron chi connectivity index (χ3n) is 3.98. The summed E-state index contributed by atoms with van der Waals surface area (Å²) in [5.41, 5.74) is 0.693. The van der Waals surface area contributed by atoms with E-state index in [1.807, 2.05) is 0 Å². The first-order chi connectivity index (χ1) is 11.1. The van der Waals surface area contributed by atoms with Crippen molar-refractivity contribution in [1.82, 2.24) is 4.90 Å². The van der Waals surface area contributed by atoms with Crippen molar-refractivity contribution in [3.8, 4) is 0 Å². The van der Waals surface area contributed by atoms with Crippen LogP contribution in [0.3, 0.4) is 0 Å². The fourth-order valence-electron chi connectivity index (χ4n) is 2.84. The minimum atomic E-state index is -0.269. The maximum atomic E-state index is 12.6. The van der Waals surface area contributed by atoms with Crippen molar-refractivity contribution in [3.05, 3.63) is 29.3 Å². The van der Waals surface area contributed by atoms with Crippen molar-refractivity contribution in [3.63, 3.8) is 0 Å². The summed E-state index contributed by atoms with van der Waals surface area (Å²) in [6.45, 7) is 2.52. The number of halogens is 1. The van der Waals surface area contributed by atoms with E-state index in [2.05, 4.69) is 5.32 Å². The molecule has 0 atom stereocenters. The Morgan fingerprint density at radius 3 is 2.52 bits per heavy atom. The van der Waals surface area contributed by atoms with Gasteiger partial charge in [-0.1, -0.05) is 24.4 Å². The van der Waals surface area contributed by atoms with Crippen molar-refractivity contribution >= 4 is 29.3 Å². The molecule has 1 aliphatic carbocycles. The zero-order valence-electron chi connectivity index (χ0n) is 13.4. The highest BCUT2D eigenvalue weighted by Crippen LogP contribution is 2.24. The topological polar surface area (TPSA) is 58.6 Å². The molecule has 5 nitrogen and oxygen atoms in total. The van der Waals surface area contributed by atoms with Gasteiger partial charge in [-0.2, -0.15) is 0 Å². The monoisotopic (exact) mass is 338 g/mol. The van der Waals surface area contributed by atoms with E-state index in [0.717, 1.165) is 25.7 Å². The second-order valence-corrected chi connectivity index (χ2v) is 6.06. The second-order valence-electron chi connectivity index (χ2n) is 5.62. The van der Waals surface area contributed by atoms with Gasteiger partial charge in [0.15, 0.2) is 0 Å². The largest absolute Gasteiger partial charge is 0.466 e. The van der Waals surface area contributed by atoms with E-state index in [9.17, 15) is 9.59 Å². The minimum absolute atomic E-state index is 0.177. The van der Waals surface area contributed by atoms with Gasteiger partial charge in [0.05, 0.1) is 13.0 Å². The molecule has 2 rings (SSSR count). The summed E-state index contributed by atoms with van der Waals surface area (Å²) in [5, 5.41) is 3.50. The van der Waals surface area contributed by atoms with Crippen LogP contribution in [0.15, 0.2) is 24.3 Å². The van der Waals surface area contributed by atoms with E-state index in [-0.39, 0.29) is 24.5 Å². The average molecular weight is 339 g/mol. The summed E-state index contributed by atoms with van der Waals surface area (Å²) in [6, 6.07) is 7.00. The van der Waals surface area contributed by atoms with E-state index in [1.165, 1.54) is 0 Å². The number of urea groups is 1. The van der Waals surface area contributed by atoms with Crippen molar-refractivity contribution < 1.29 is 14.3 Å². The molecule has 0 aliphatic heterocycles. The summed E-state index contributed by atoms with van der Waals surface area (Å²) in [4.78, 5) is 25.9. The summed E-state index contributed by atoms with van der Waals surface area (Å²) < 4.78 is 4.95. The number of carbonyl (C=O) groups excluding carboxylic acids is 2. The van der Waals surface area contributed by atoms with Gasteiger partial charge in [0.25, 0.3) is 0 Å². The smallest absolute Gasteiger partial charge is 0.322 e. The summed E-state index contributed by atoms with van der Waals surface area (Å²) >= 11 is 5.85. The third-order valence-corrected chi connectivity index (χ3v) is 4.24. The lowest BCUT2D eigenvalue weighted by atomic mass is 10.2. The number of amides is 2. The van der Waals surface area contributed by atoms with Crippen LogP contribution >= 0.6 is 11.6 Å². The molecule has 23 heavy (non-hydrogen) atoms. The number of benzene rings is 1. The zero-order chi connectivity index (χ0) is 16.7. The molecule has 1 aromatic rings. The van der Waals surface area contributed by atoms with Crippen LogP contribution in [0.25, 0.3) is 0 Å². The van der Waals surface area contributed by atoms with E-state index < -0.39 is 0 Å². The van der Waals surface area contributed by atoms with E-state index in [4.69, 9.17) is 16.3 Å². The number of hydrogen-bond donors (Lipinski definition) is 1. The Balaban J connectivity index is 1.98. The lowest BCUT2D eigenvalue weighted by Crippen LogP contribution is -2.43. The summed E-state index contributed by atoms with van der Waals surface area (Å²) in [5.74, 6) is -0.269. The highest BCUT2D eigenvalue weighted by Gasteiger charge is 2.27. The molecule has 0 unspecified atom stereocenters. The van der Waals surface area contributed by atoms with Gasteiger partial charge in [-0.3, -0.25) is 4.79 Å². The van der Waals surface area contributed by atoms with Crippen LogP contribution in [0.4, 0.5) is 10.5 Å². The standard InChI is InChI=1S/C17H23ClN2O3/c1-2-23-16(21)11-12-20(15-5-3-4-6-15)17(22)19-14-9-7-13(18)8-10-14/h7-10,15H,2-6,11-12H2,1H3,(H,19,22). The Hall–Kier alpha value is -1.75. The molecule has 1 N–H and O–H groups in total. The van der Waals surface area contributed by atoms with Gasteiger partial charge in [-0.25, -0.2) is 4.79 Å². The Bertz CT molecular complexity index is 527. The fourth-order valence-corrected chi connectivity index (χ4v) is 2.97. The van der Waals surface area contributed by atoms with E-state index in [0.29, 0.717) is 23.9 Å². The Labute approximate surface area is 141 Å². The molecule has 1 saturated carbocycles. The molecule has 0 bridgehead atoms. The number of ether oxygens (including phenoxy) is 1. The molecule has 0 spiro atoms. The van der Waals surface area contributed by atoms with Crippen LogP contribution < -0.4 is 5.32 Å². The van der Waals surface area contributed by atoms with Crippen molar-refractivity contribution in [2.75, 3.05) is 18.5 Å². The van der Waals surface area contributed by atoms with Crippen LogP contribution in [-0.2, 0) is 9.53 Å². The molecule has 2 amide bonds. The van der Waals surface area contributed by atoms with Crippen LogP contribution in [0.1, 0.15) is 39.0 Å². The van der Waals surface area contributed by atoms with Gasteiger partial charge in [0.2, 0.25) is 0 Å². The molecular formula is C17H23ClN2O3. The number of esters is 1. The predicted octanol–water partition coefficient (Wildman–Crippen LogP) is 4.07. The molecular weight excluding hydrogens is 316 g/mol. The van der Waals surface area contributed by atoms with Crippen molar-refractivity contribution in [1.29, 1.82) is 0 Å². The molecule has 0 aromatic heterocycles. The normalized spacial score (nSPS) is 14.5. The molecule has 0 saturated heterocycles. The van der Waals surface area contributed by atoms with Gasteiger partial charge in [-0.15, -0.1) is 0 Å². The number of nitrogens with one attached hydrogen (secondary N) is 1. The number of hydrogen-bond acceptors (Lipinski definition) is 3. The minimum Gasteiger partial charge on any atom is -0.466 e. The number of nitrogens with zero attached hydrogens (tertiary/aromatic N) is 1. The average Bonchev–Trinajstić information content (AvgIpc) is 3.04. The van der Waals surface area contributed by atoms with Crippen LogP contribution in [-0.4, -0.2) is 36.1 Å². The first-order valence-electron chi connectivity index (χ1n) is 8.09. The fraction of sp³-hybridized carbons (Fsp3) is 0.529. The molecule has 0 radical (unpaired) electrons. The van der Waals surface area contributed by atoms with Crippen LogP contribution in [0.2, 0.25) is 5.02 Å². The van der Waals surface area contributed by atoms with Crippen molar-refractivity contribution in [2.24, 2.45) is 0 Å². The molecule has 1 aliphatic rings. The first kappa shape index (κ1) is 17.6.